The zero-order valence-electron chi connectivity index (χ0n) is 5.81. The van der Waals surface area contributed by atoms with Crippen LogP contribution in [0.5, 0.6) is 0 Å². The van der Waals surface area contributed by atoms with Crippen LogP contribution in [0.4, 0.5) is 0 Å². The molecule has 0 aromatic carbocycles. The molecule has 0 spiro atoms. The van der Waals surface area contributed by atoms with Crippen molar-refractivity contribution in [3.05, 3.63) is 0 Å². The molecule has 0 saturated heterocycles. The molecule has 1 unspecified atom stereocenters. The lowest BCUT2D eigenvalue weighted by Gasteiger charge is -2.12. The molecule has 1 atom stereocenters. The number of halogens is 1. The van der Waals surface area contributed by atoms with Gasteiger partial charge in [0.2, 0.25) is 5.91 Å². The molecule has 0 radical (unpaired) electrons. The van der Waals surface area contributed by atoms with Crippen LogP contribution in [0.2, 0.25) is 0 Å². The predicted molar refractivity (Wildman–Crippen MR) is 40.2 cm³/mol. The fourth-order valence-corrected chi connectivity index (χ4v) is 0.412. The topological polar surface area (TPSA) is 32.3 Å². The number of rotatable bonds is 2. The summed E-state index contributed by atoms with van der Waals surface area (Å²) in [5.74, 6) is -0.0278. The molecule has 1 N–H and O–H groups in total. The Bertz CT molecular complexity index is 103. The highest BCUT2D eigenvalue weighted by Gasteiger charge is 2.07. The molecule has 4 heteroatoms. The van der Waals surface area contributed by atoms with Crippen LogP contribution in [-0.4, -0.2) is 29.8 Å². The molecule has 1 amide bonds. The summed E-state index contributed by atoms with van der Waals surface area (Å²) in [6.45, 7) is 1.78. The maximum atomic E-state index is 10.8. The molecule has 0 bridgehead atoms. The van der Waals surface area contributed by atoms with E-state index in [1.54, 1.807) is 26.0 Å². The van der Waals surface area contributed by atoms with Gasteiger partial charge in [0.15, 0.2) is 0 Å². The normalized spacial score (nSPS) is 13.4. The summed E-state index contributed by atoms with van der Waals surface area (Å²) < 4.78 is 0. The Morgan fingerprint density at radius 1 is 1.67 bits per heavy atom. The average Bonchev–Trinajstić information content (AvgIpc) is 1.63. The molecule has 9 heavy (non-hydrogen) atoms. The molecule has 0 fully saturated rings. The van der Waals surface area contributed by atoms with E-state index >= 15 is 0 Å². The van der Waals surface area contributed by atoms with Crippen LogP contribution in [0.25, 0.3) is 0 Å². The molecule has 0 rings (SSSR count). The van der Waals surface area contributed by atoms with Gasteiger partial charge in [-0.2, -0.15) is 0 Å². The van der Waals surface area contributed by atoms with E-state index in [0.29, 0.717) is 0 Å². The highest BCUT2D eigenvalue weighted by atomic mass is 79.9. The second-order valence-electron chi connectivity index (χ2n) is 1.99. The summed E-state index contributed by atoms with van der Waals surface area (Å²) in [6, 6.07) is 0. The van der Waals surface area contributed by atoms with Crippen molar-refractivity contribution in [1.29, 1.82) is 0 Å². The number of amides is 1. The molecule has 0 aliphatic rings. The number of alkyl halides is 1. The van der Waals surface area contributed by atoms with E-state index in [4.69, 9.17) is 0 Å². The van der Waals surface area contributed by atoms with Crippen molar-refractivity contribution in [2.24, 2.45) is 0 Å². The molecule has 0 aromatic heterocycles. The number of nitrogens with one attached hydrogen (secondary N) is 1. The minimum Gasteiger partial charge on any atom is -0.288 e. The number of hydrogen-bond donors (Lipinski definition) is 1. The molecule has 54 valence electrons. The first-order chi connectivity index (χ1) is 4.04. The van der Waals surface area contributed by atoms with Crippen LogP contribution in [0.1, 0.15) is 6.92 Å². The van der Waals surface area contributed by atoms with Crippen molar-refractivity contribution in [1.82, 2.24) is 10.4 Å². The summed E-state index contributed by atoms with van der Waals surface area (Å²) in [5, 5.41) is 1.61. The van der Waals surface area contributed by atoms with E-state index in [2.05, 4.69) is 21.4 Å². The summed E-state index contributed by atoms with van der Waals surface area (Å²) in [6.07, 6.45) is 0. The SMILES string of the molecule is CC(Br)C(=O)NN(C)C. The van der Waals surface area contributed by atoms with E-state index < -0.39 is 0 Å². The van der Waals surface area contributed by atoms with Gasteiger partial charge in [-0.25, -0.2) is 5.01 Å². The quantitative estimate of drug-likeness (QED) is 0.509. The van der Waals surface area contributed by atoms with Gasteiger partial charge < -0.3 is 0 Å². The number of carbonyl (C=O) groups excluding carboxylic acids is 1. The number of hydrogen-bond acceptors (Lipinski definition) is 2. The van der Waals surface area contributed by atoms with Crippen LogP contribution in [0.3, 0.4) is 0 Å². The maximum absolute atomic E-state index is 10.8. The molecule has 0 saturated carbocycles. The fourth-order valence-electron chi connectivity index (χ4n) is 0.309. The Labute approximate surface area is 63.5 Å². The summed E-state index contributed by atoms with van der Waals surface area (Å²) in [5.41, 5.74) is 2.59. The van der Waals surface area contributed by atoms with Gasteiger partial charge in [0.1, 0.15) is 0 Å². The van der Waals surface area contributed by atoms with Crippen LogP contribution >= 0.6 is 15.9 Å². The van der Waals surface area contributed by atoms with Gasteiger partial charge in [-0.05, 0) is 6.92 Å². The van der Waals surface area contributed by atoms with Gasteiger partial charge >= 0.3 is 0 Å². The largest absolute Gasteiger partial charge is 0.288 e. The van der Waals surface area contributed by atoms with Crippen LogP contribution in [-0.2, 0) is 4.79 Å². The predicted octanol–water partition coefficient (Wildman–Crippen LogP) is 0.363. The molecule has 0 heterocycles. The average molecular weight is 195 g/mol. The Hall–Kier alpha value is -0.0900. The monoisotopic (exact) mass is 194 g/mol. The Morgan fingerprint density at radius 3 is 2.22 bits per heavy atom. The Morgan fingerprint density at radius 2 is 2.11 bits per heavy atom. The highest BCUT2D eigenvalue weighted by molar-refractivity contribution is 9.10. The van der Waals surface area contributed by atoms with Gasteiger partial charge in [-0.15, -0.1) is 0 Å². The van der Waals surface area contributed by atoms with E-state index in [-0.39, 0.29) is 10.7 Å². The van der Waals surface area contributed by atoms with Gasteiger partial charge in [-0.3, -0.25) is 10.2 Å². The van der Waals surface area contributed by atoms with Gasteiger partial charge in [0.05, 0.1) is 4.83 Å². The molecular formula is C5H11BrN2O. The minimum atomic E-state index is -0.125. The number of hydrazine groups is 1. The fraction of sp³-hybridized carbons (Fsp3) is 0.800. The first kappa shape index (κ1) is 8.91. The van der Waals surface area contributed by atoms with Gasteiger partial charge in [0, 0.05) is 14.1 Å². The van der Waals surface area contributed by atoms with Crippen molar-refractivity contribution in [2.75, 3.05) is 14.1 Å². The first-order valence-electron chi connectivity index (χ1n) is 2.66. The van der Waals surface area contributed by atoms with Crippen LogP contribution < -0.4 is 5.43 Å². The number of nitrogens with zero attached hydrogens (tertiary/aromatic N) is 1. The minimum absolute atomic E-state index is 0.0278. The second-order valence-corrected chi connectivity index (χ2v) is 3.36. The standard InChI is InChI=1S/C5H11BrN2O/c1-4(6)5(9)7-8(2)3/h4H,1-3H3,(H,7,9). The highest BCUT2D eigenvalue weighted by Crippen LogP contribution is 1.95. The van der Waals surface area contributed by atoms with E-state index in [9.17, 15) is 4.79 Å². The van der Waals surface area contributed by atoms with Crippen molar-refractivity contribution >= 4 is 21.8 Å². The lowest BCUT2D eigenvalue weighted by atomic mass is 10.5. The third kappa shape index (κ3) is 4.42. The lowest BCUT2D eigenvalue weighted by molar-refractivity contribution is -0.123. The third-order valence-corrected chi connectivity index (χ3v) is 1.11. The zero-order valence-corrected chi connectivity index (χ0v) is 7.40. The molecular weight excluding hydrogens is 184 g/mol. The molecule has 0 aromatic rings. The summed E-state index contributed by atoms with van der Waals surface area (Å²) in [4.78, 5) is 10.6. The first-order valence-corrected chi connectivity index (χ1v) is 3.57. The van der Waals surface area contributed by atoms with Crippen LogP contribution in [0, 0.1) is 0 Å². The summed E-state index contributed by atoms with van der Waals surface area (Å²) >= 11 is 3.13. The van der Waals surface area contributed by atoms with E-state index in [0.717, 1.165) is 0 Å². The lowest BCUT2D eigenvalue weighted by Crippen LogP contribution is -2.39. The Kier molecular flexibility index (Phi) is 3.81. The van der Waals surface area contributed by atoms with Crippen molar-refractivity contribution in [3.8, 4) is 0 Å². The Balaban J connectivity index is 3.51. The van der Waals surface area contributed by atoms with Crippen molar-refractivity contribution in [3.63, 3.8) is 0 Å². The second kappa shape index (κ2) is 3.85. The third-order valence-electron chi connectivity index (χ3n) is 0.695. The molecule has 0 aliphatic heterocycles. The van der Waals surface area contributed by atoms with Crippen LogP contribution in [0.15, 0.2) is 0 Å². The molecule has 0 aliphatic carbocycles. The van der Waals surface area contributed by atoms with Gasteiger partial charge in [-0.1, -0.05) is 15.9 Å². The maximum Gasteiger partial charge on any atom is 0.247 e. The molecule has 3 nitrogen and oxygen atoms in total. The van der Waals surface area contributed by atoms with E-state index in [1.165, 1.54) is 0 Å². The van der Waals surface area contributed by atoms with Crippen molar-refractivity contribution in [2.45, 2.75) is 11.8 Å². The van der Waals surface area contributed by atoms with Gasteiger partial charge in [0.25, 0.3) is 0 Å². The van der Waals surface area contributed by atoms with Crippen molar-refractivity contribution < 1.29 is 4.79 Å². The van der Waals surface area contributed by atoms with E-state index in [1.807, 2.05) is 0 Å². The summed E-state index contributed by atoms with van der Waals surface area (Å²) in [7, 11) is 3.54. The number of carbonyl (C=O) groups is 1. The zero-order chi connectivity index (χ0) is 7.44. The smallest absolute Gasteiger partial charge is 0.247 e.